The maximum Gasteiger partial charge on any atom is 0.252 e. The molecular weight excluding hydrogens is 450 g/mol. The van der Waals surface area contributed by atoms with Crippen LogP contribution in [0.15, 0.2) is 60.9 Å². The average molecular weight is 482 g/mol. The lowest BCUT2D eigenvalue weighted by Crippen LogP contribution is -2.48. The van der Waals surface area contributed by atoms with E-state index in [1.54, 1.807) is 4.68 Å². The van der Waals surface area contributed by atoms with Crippen molar-refractivity contribution in [2.45, 2.75) is 37.8 Å². The van der Waals surface area contributed by atoms with Gasteiger partial charge in [-0.1, -0.05) is 24.3 Å². The molecule has 2 aliphatic rings. The van der Waals surface area contributed by atoms with Crippen LogP contribution in [-0.4, -0.2) is 51.8 Å². The summed E-state index contributed by atoms with van der Waals surface area (Å²) < 4.78 is 7.82. The summed E-state index contributed by atoms with van der Waals surface area (Å²) in [6.07, 6.45) is 6.73. The van der Waals surface area contributed by atoms with Gasteiger partial charge < -0.3 is 10.1 Å². The van der Waals surface area contributed by atoms with E-state index in [1.807, 2.05) is 62.8 Å². The highest BCUT2D eigenvalue weighted by Crippen LogP contribution is 2.49. The second-order valence-electron chi connectivity index (χ2n) is 10.2. The molecule has 1 atom stereocenters. The number of amides is 1. The fraction of sp³-hybridized carbons (Fsp3) is 0.345. The monoisotopic (exact) mass is 481 g/mol. The molecule has 1 aliphatic carbocycles. The van der Waals surface area contributed by atoms with E-state index < -0.39 is 5.54 Å². The molecule has 36 heavy (non-hydrogen) atoms. The van der Waals surface area contributed by atoms with Crippen molar-refractivity contribution in [2.24, 2.45) is 7.05 Å². The molecule has 2 aromatic heterocycles. The van der Waals surface area contributed by atoms with Crippen LogP contribution in [0.3, 0.4) is 0 Å². The summed E-state index contributed by atoms with van der Waals surface area (Å²) >= 11 is 0. The highest BCUT2D eigenvalue weighted by molar-refractivity contribution is 5.97. The Morgan fingerprint density at radius 1 is 1.17 bits per heavy atom. The minimum atomic E-state index is -0.408. The van der Waals surface area contributed by atoms with E-state index in [2.05, 4.69) is 34.5 Å². The van der Waals surface area contributed by atoms with Gasteiger partial charge in [-0.25, -0.2) is 4.98 Å². The van der Waals surface area contributed by atoms with Crippen molar-refractivity contribution >= 4 is 16.8 Å². The third kappa shape index (κ3) is 4.13. The van der Waals surface area contributed by atoms with Crippen molar-refractivity contribution in [2.75, 3.05) is 20.2 Å². The van der Waals surface area contributed by atoms with Crippen LogP contribution < -0.4 is 10.1 Å². The molecule has 4 aromatic rings. The van der Waals surface area contributed by atoms with Crippen LogP contribution in [0, 0.1) is 6.92 Å². The summed E-state index contributed by atoms with van der Waals surface area (Å²) in [5.41, 5.74) is 5.04. The second-order valence-corrected chi connectivity index (χ2v) is 10.2. The lowest BCUT2D eigenvalue weighted by atomic mass is 9.96. The van der Waals surface area contributed by atoms with E-state index in [1.165, 1.54) is 0 Å². The smallest absolute Gasteiger partial charge is 0.252 e. The van der Waals surface area contributed by atoms with Crippen LogP contribution in [0.25, 0.3) is 22.2 Å². The highest BCUT2D eigenvalue weighted by Gasteiger charge is 2.47. The van der Waals surface area contributed by atoms with Crippen LogP contribution in [0.5, 0.6) is 5.75 Å². The molecule has 1 aliphatic heterocycles. The van der Waals surface area contributed by atoms with Gasteiger partial charge in [0.2, 0.25) is 0 Å². The Balaban J connectivity index is 1.30. The Labute approximate surface area is 211 Å². The van der Waals surface area contributed by atoms with Crippen molar-refractivity contribution in [1.82, 2.24) is 25.0 Å². The number of aryl methyl sites for hydroxylation is 2. The first-order valence-corrected chi connectivity index (χ1v) is 12.6. The number of likely N-dealkylation sites (tertiary alicyclic amines) is 1. The van der Waals surface area contributed by atoms with Gasteiger partial charge in [-0.15, -0.1) is 0 Å². The number of pyridine rings is 1. The number of ether oxygens (including phenoxy) is 1. The van der Waals surface area contributed by atoms with E-state index in [0.717, 1.165) is 64.8 Å². The van der Waals surface area contributed by atoms with Gasteiger partial charge in [0.05, 0.1) is 22.9 Å². The Bertz CT molecular complexity index is 1460. The third-order valence-corrected chi connectivity index (χ3v) is 7.67. The number of likely N-dealkylation sites (N-methyl/N-ethyl adjacent to an activating group) is 1. The number of carbonyl (C=O) groups is 1. The zero-order valence-corrected chi connectivity index (χ0v) is 21.0. The summed E-state index contributed by atoms with van der Waals surface area (Å²) in [5.74, 6) is 0.671. The molecule has 0 spiro atoms. The van der Waals surface area contributed by atoms with E-state index >= 15 is 0 Å². The maximum atomic E-state index is 13.6. The molecule has 184 valence electrons. The number of carbonyl (C=O) groups excluding carboxylic acids is 1. The van der Waals surface area contributed by atoms with Crippen molar-refractivity contribution in [3.05, 3.63) is 77.6 Å². The minimum Gasteiger partial charge on any atom is -0.492 e. The quantitative estimate of drug-likeness (QED) is 0.422. The number of nitrogens with one attached hydrogen (secondary N) is 1. The summed E-state index contributed by atoms with van der Waals surface area (Å²) in [6, 6.07) is 16.5. The first kappa shape index (κ1) is 22.7. The number of hydrogen-bond acceptors (Lipinski definition) is 5. The van der Waals surface area contributed by atoms with Crippen LogP contribution in [0.2, 0.25) is 0 Å². The molecular formula is C29H31N5O2. The van der Waals surface area contributed by atoms with Crippen LogP contribution in [0.1, 0.15) is 40.7 Å². The average Bonchev–Trinajstić information content (AvgIpc) is 3.52. The van der Waals surface area contributed by atoms with Gasteiger partial charge in [-0.05, 0) is 75.2 Å². The van der Waals surface area contributed by atoms with E-state index in [4.69, 9.17) is 9.72 Å². The van der Waals surface area contributed by atoms with Gasteiger partial charge in [0.1, 0.15) is 12.4 Å². The Morgan fingerprint density at radius 2 is 2.00 bits per heavy atom. The summed E-state index contributed by atoms with van der Waals surface area (Å²) in [4.78, 5) is 20.8. The topological polar surface area (TPSA) is 72.3 Å². The predicted octanol–water partition coefficient (Wildman–Crippen LogP) is 4.45. The fourth-order valence-corrected chi connectivity index (χ4v) is 5.05. The molecule has 7 nitrogen and oxygen atoms in total. The molecule has 7 heteroatoms. The third-order valence-electron chi connectivity index (χ3n) is 7.67. The van der Waals surface area contributed by atoms with Crippen LogP contribution in [0.4, 0.5) is 0 Å². The Kier molecular flexibility index (Phi) is 5.52. The van der Waals surface area contributed by atoms with Gasteiger partial charge in [0.25, 0.3) is 5.91 Å². The number of hydrogen-bond donors (Lipinski definition) is 1. The Morgan fingerprint density at radius 3 is 2.69 bits per heavy atom. The molecule has 0 unspecified atom stereocenters. The molecule has 1 amide bonds. The van der Waals surface area contributed by atoms with E-state index in [0.29, 0.717) is 18.2 Å². The van der Waals surface area contributed by atoms with Crippen molar-refractivity contribution in [3.8, 4) is 17.0 Å². The van der Waals surface area contributed by atoms with Crippen molar-refractivity contribution in [3.63, 3.8) is 0 Å². The van der Waals surface area contributed by atoms with E-state index in [9.17, 15) is 4.79 Å². The van der Waals surface area contributed by atoms with Crippen molar-refractivity contribution in [1.29, 1.82) is 0 Å². The summed E-state index contributed by atoms with van der Waals surface area (Å²) in [7, 11) is 4.02. The van der Waals surface area contributed by atoms with Crippen LogP contribution >= 0.6 is 0 Å². The number of rotatable bonds is 7. The zero-order valence-electron chi connectivity index (χ0n) is 21.0. The molecule has 6 rings (SSSR count). The molecule has 1 N–H and O–H groups in total. The Hall–Kier alpha value is -3.71. The molecule has 1 saturated carbocycles. The number of benzene rings is 2. The predicted molar refractivity (Wildman–Crippen MR) is 140 cm³/mol. The van der Waals surface area contributed by atoms with Crippen LogP contribution in [-0.2, 0) is 12.6 Å². The maximum absolute atomic E-state index is 13.6. The van der Waals surface area contributed by atoms with Gasteiger partial charge in [-0.3, -0.25) is 14.4 Å². The largest absolute Gasteiger partial charge is 0.492 e. The number of para-hydroxylation sites is 1. The lowest BCUT2D eigenvalue weighted by molar-refractivity contribution is 0.0767. The molecule has 1 saturated heterocycles. The molecule has 3 heterocycles. The highest BCUT2D eigenvalue weighted by atomic mass is 16.5. The summed E-state index contributed by atoms with van der Waals surface area (Å²) in [5, 5.41) is 8.78. The minimum absolute atomic E-state index is 0.0694. The molecule has 0 bridgehead atoms. The SMILES string of the molecule is Cc1ccc(OC[C@@H]2CCN2C)cc1C(=O)NC1(c2cc(-c3cnn(C)c3)nc3ccccc23)CC1. The summed E-state index contributed by atoms with van der Waals surface area (Å²) in [6.45, 7) is 3.73. The normalized spacial score (nSPS) is 18.6. The van der Waals surface area contributed by atoms with Gasteiger partial charge in [-0.2, -0.15) is 5.10 Å². The standard InChI is InChI=1S/C29H31N5O2/c1-19-8-9-22(36-18-21-10-13-33(21)2)14-24(19)28(35)32-29(11-12-29)25-15-27(20-16-30-34(3)17-20)31-26-7-5-4-6-23(25)26/h4-9,14-17,21H,10-13,18H2,1-3H3,(H,32,35)/t21-/m0/s1. The van der Waals surface area contributed by atoms with Crippen molar-refractivity contribution < 1.29 is 9.53 Å². The first-order valence-electron chi connectivity index (χ1n) is 12.6. The molecule has 0 radical (unpaired) electrons. The molecule has 2 fully saturated rings. The van der Waals surface area contributed by atoms with E-state index in [-0.39, 0.29) is 5.91 Å². The van der Waals surface area contributed by atoms with Gasteiger partial charge in [0.15, 0.2) is 0 Å². The van der Waals surface area contributed by atoms with Gasteiger partial charge in [0, 0.05) is 35.8 Å². The first-order chi connectivity index (χ1) is 17.4. The second kappa shape index (κ2) is 8.75. The number of nitrogens with zero attached hydrogens (tertiary/aromatic N) is 4. The lowest BCUT2D eigenvalue weighted by Gasteiger charge is -2.37. The van der Waals surface area contributed by atoms with Gasteiger partial charge >= 0.3 is 0 Å². The zero-order chi connectivity index (χ0) is 24.9. The number of fused-ring (bicyclic) bond motifs is 1. The molecule has 2 aromatic carbocycles. The number of aromatic nitrogens is 3. The fourth-order valence-electron chi connectivity index (χ4n) is 5.05.